The second-order valence-electron chi connectivity index (χ2n) is 4.94. The minimum Gasteiger partial charge on any atom is -0.382 e. The maximum Gasteiger partial charge on any atom is 0.271 e. The molecule has 2 fully saturated rings. The van der Waals surface area contributed by atoms with Crippen LogP contribution in [-0.4, -0.2) is 45.9 Å². The van der Waals surface area contributed by atoms with Crippen LogP contribution in [0.25, 0.3) is 0 Å². The molecule has 2 atom stereocenters. The Morgan fingerprint density at radius 3 is 3.11 bits per heavy atom. The van der Waals surface area contributed by atoms with Gasteiger partial charge in [-0.25, -0.2) is 4.98 Å². The number of aromatic nitrogens is 2. The van der Waals surface area contributed by atoms with Crippen molar-refractivity contribution in [2.24, 2.45) is 0 Å². The molecular formula is C12H17N5O. The molecule has 0 spiro atoms. The van der Waals surface area contributed by atoms with Gasteiger partial charge in [0.2, 0.25) is 0 Å². The van der Waals surface area contributed by atoms with Crippen molar-refractivity contribution in [3.8, 4) is 0 Å². The average Bonchev–Trinajstić information content (AvgIpc) is 2.94. The highest BCUT2D eigenvalue weighted by molar-refractivity contribution is 5.92. The van der Waals surface area contributed by atoms with E-state index in [2.05, 4.69) is 20.2 Å². The van der Waals surface area contributed by atoms with Gasteiger partial charge in [-0.2, -0.15) is 0 Å². The summed E-state index contributed by atoms with van der Waals surface area (Å²) in [5.41, 5.74) is 5.83. The molecule has 1 aromatic heterocycles. The Balaban J connectivity index is 1.68. The lowest BCUT2D eigenvalue weighted by Crippen LogP contribution is -2.42. The highest BCUT2D eigenvalue weighted by atomic mass is 16.2. The Hall–Kier alpha value is -1.69. The number of nitrogens with zero attached hydrogens (tertiary/aromatic N) is 3. The van der Waals surface area contributed by atoms with Gasteiger partial charge in [0.1, 0.15) is 11.5 Å². The summed E-state index contributed by atoms with van der Waals surface area (Å²) in [7, 11) is 0. The SMILES string of the molecule is Nc1cncc(C(=O)NC2CCN3CCCC23)n1. The first kappa shape index (κ1) is 11.4. The number of hydrogen-bond donors (Lipinski definition) is 2. The molecule has 2 aliphatic rings. The van der Waals surface area contributed by atoms with Crippen LogP contribution in [0, 0.1) is 0 Å². The second-order valence-corrected chi connectivity index (χ2v) is 4.94. The highest BCUT2D eigenvalue weighted by Crippen LogP contribution is 2.27. The average molecular weight is 247 g/mol. The number of nitrogens with one attached hydrogen (secondary N) is 1. The largest absolute Gasteiger partial charge is 0.382 e. The van der Waals surface area contributed by atoms with E-state index in [1.165, 1.54) is 25.2 Å². The minimum atomic E-state index is -0.173. The fraction of sp³-hybridized carbons (Fsp3) is 0.583. The molecule has 0 bridgehead atoms. The lowest BCUT2D eigenvalue weighted by Gasteiger charge is -2.20. The number of anilines is 1. The summed E-state index contributed by atoms with van der Waals surface area (Å²) in [6, 6.07) is 0.742. The van der Waals surface area contributed by atoms with Crippen LogP contribution in [-0.2, 0) is 0 Å². The zero-order valence-electron chi connectivity index (χ0n) is 10.2. The van der Waals surface area contributed by atoms with Gasteiger partial charge in [-0.15, -0.1) is 0 Å². The van der Waals surface area contributed by atoms with Gasteiger partial charge in [-0.1, -0.05) is 0 Å². The summed E-state index contributed by atoms with van der Waals surface area (Å²) in [6.07, 6.45) is 6.31. The number of amides is 1. The van der Waals surface area contributed by atoms with Crippen molar-refractivity contribution in [2.75, 3.05) is 18.8 Å². The van der Waals surface area contributed by atoms with Crippen molar-refractivity contribution < 1.29 is 4.79 Å². The van der Waals surface area contributed by atoms with E-state index in [1.54, 1.807) is 0 Å². The van der Waals surface area contributed by atoms with Gasteiger partial charge in [-0.3, -0.25) is 14.7 Å². The monoisotopic (exact) mass is 247 g/mol. The van der Waals surface area contributed by atoms with Gasteiger partial charge in [0.15, 0.2) is 0 Å². The number of nitrogens with two attached hydrogens (primary N) is 1. The van der Waals surface area contributed by atoms with Gasteiger partial charge in [0.25, 0.3) is 5.91 Å². The molecule has 0 saturated carbocycles. The normalized spacial score (nSPS) is 27.1. The molecule has 0 aliphatic carbocycles. The number of nitrogen functional groups attached to an aromatic ring is 1. The number of hydrogen-bond acceptors (Lipinski definition) is 5. The maximum absolute atomic E-state index is 12.1. The van der Waals surface area contributed by atoms with E-state index in [4.69, 9.17) is 5.73 Å². The zero-order valence-corrected chi connectivity index (χ0v) is 10.2. The van der Waals surface area contributed by atoms with E-state index < -0.39 is 0 Å². The highest BCUT2D eigenvalue weighted by Gasteiger charge is 2.37. The van der Waals surface area contributed by atoms with Gasteiger partial charge in [0, 0.05) is 18.6 Å². The molecule has 6 heteroatoms. The molecule has 18 heavy (non-hydrogen) atoms. The smallest absolute Gasteiger partial charge is 0.271 e. The molecule has 1 aromatic rings. The van der Waals surface area contributed by atoms with E-state index in [9.17, 15) is 4.79 Å². The van der Waals surface area contributed by atoms with Gasteiger partial charge in [0.05, 0.1) is 12.4 Å². The molecule has 0 aromatic carbocycles. The van der Waals surface area contributed by atoms with E-state index in [0.717, 1.165) is 19.5 Å². The number of carbonyl (C=O) groups is 1. The standard InChI is InChI=1S/C12H17N5O/c13-11-7-14-6-9(15-11)12(18)16-8-3-5-17-4-1-2-10(8)17/h6-8,10H,1-5H2,(H2,13,15)(H,16,18). The first-order valence-corrected chi connectivity index (χ1v) is 6.36. The summed E-state index contributed by atoms with van der Waals surface area (Å²) in [5, 5.41) is 3.06. The van der Waals surface area contributed by atoms with Gasteiger partial charge >= 0.3 is 0 Å². The number of carbonyl (C=O) groups excluding carboxylic acids is 1. The second kappa shape index (κ2) is 4.53. The Kier molecular flexibility index (Phi) is 2.87. The van der Waals surface area contributed by atoms with Crippen LogP contribution < -0.4 is 11.1 Å². The van der Waals surface area contributed by atoms with Crippen molar-refractivity contribution in [1.29, 1.82) is 0 Å². The fourth-order valence-electron chi connectivity index (χ4n) is 2.98. The Labute approximate surface area is 106 Å². The van der Waals surface area contributed by atoms with E-state index in [1.807, 2.05) is 0 Å². The first-order chi connectivity index (χ1) is 8.74. The quantitative estimate of drug-likeness (QED) is 0.770. The lowest BCUT2D eigenvalue weighted by atomic mass is 10.1. The van der Waals surface area contributed by atoms with Crippen molar-refractivity contribution in [3.05, 3.63) is 18.1 Å². The van der Waals surface area contributed by atoms with Crippen molar-refractivity contribution in [1.82, 2.24) is 20.2 Å². The molecule has 0 radical (unpaired) electrons. The summed E-state index contributed by atoms with van der Waals surface area (Å²) < 4.78 is 0. The minimum absolute atomic E-state index is 0.173. The van der Waals surface area contributed by atoms with E-state index >= 15 is 0 Å². The number of rotatable bonds is 2. The molecule has 96 valence electrons. The Morgan fingerprint density at radius 1 is 1.39 bits per heavy atom. The Bertz CT molecular complexity index is 464. The van der Waals surface area contributed by atoms with E-state index in [0.29, 0.717) is 11.7 Å². The summed E-state index contributed by atoms with van der Waals surface area (Å²) in [4.78, 5) is 22.4. The maximum atomic E-state index is 12.1. The van der Waals surface area contributed by atoms with Crippen molar-refractivity contribution >= 4 is 11.7 Å². The zero-order chi connectivity index (χ0) is 12.5. The molecule has 1 amide bonds. The van der Waals surface area contributed by atoms with Crippen LogP contribution in [0.4, 0.5) is 5.82 Å². The summed E-state index contributed by atoms with van der Waals surface area (Å²) in [6.45, 7) is 2.24. The van der Waals surface area contributed by atoms with Gasteiger partial charge < -0.3 is 11.1 Å². The molecule has 3 N–H and O–H groups in total. The molecule has 2 saturated heterocycles. The molecule has 2 aliphatic heterocycles. The summed E-state index contributed by atoms with van der Waals surface area (Å²) >= 11 is 0. The van der Waals surface area contributed by atoms with Crippen LogP contribution >= 0.6 is 0 Å². The topological polar surface area (TPSA) is 84.1 Å². The van der Waals surface area contributed by atoms with Crippen LogP contribution in [0.3, 0.4) is 0 Å². The third kappa shape index (κ3) is 2.03. The Morgan fingerprint density at radius 2 is 2.28 bits per heavy atom. The molecule has 3 heterocycles. The predicted molar refractivity (Wildman–Crippen MR) is 66.9 cm³/mol. The van der Waals surface area contributed by atoms with Crippen LogP contribution in [0.1, 0.15) is 29.8 Å². The van der Waals surface area contributed by atoms with Gasteiger partial charge in [-0.05, 0) is 25.8 Å². The van der Waals surface area contributed by atoms with E-state index in [-0.39, 0.29) is 17.8 Å². The first-order valence-electron chi connectivity index (χ1n) is 6.36. The van der Waals surface area contributed by atoms with Crippen molar-refractivity contribution in [2.45, 2.75) is 31.3 Å². The van der Waals surface area contributed by atoms with Crippen molar-refractivity contribution in [3.63, 3.8) is 0 Å². The number of fused-ring (bicyclic) bond motifs is 1. The molecule has 2 unspecified atom stereocenters. The fourth-order valence-corrected chi connectivity index (χ4v) is 2.98. The lowest BCUT2D eigenvalue weighted by molar-refractivity contribution is 0.0924. The predicted octanol–water partition coefficient (Wildman–Crippen LogP) is 0.0253. The van der Waals surface area contributed by atoms with Crippen LogP contribution in [0.15, 0.2) is 12.4 Å². The third-order valence-electron chi connectivity index (χ3n) is 3.81. The van der Waals surface area contributed by atoms with Crippen LogP contribution in [0.5, 0.6) is 0 Å². The molecule has 6 nitrogen and oxygen atoms in total. The molecular weight excluding hydrogens is 230 g/mol. The summed E-state index contributed by atoms with van der Waals surface area (Å²) in [5.74, 6) is 0.102. The third-order valence-corrected chi connectivity index (χ3v) is 3.81. The van der Waals surface area contributed by atoms with Crippen LogP contribution in [0.2, 0.25) is 0 Å². The molecule has 3 rings (SSSR count).